The zero-order valence-corrected chi connectivity index (χ0v) is 12.2. The summed E-state index contributed by atoms with van der Waals surface area (Å²) in [4.78, 5) is 27.1. The Labute approximate surface area is 123 Å². The molecule has 1 N–H and O–H groups in total. The maximum Gasteiger partial charge on any atom is 0.325 e. The van der Waals surface area contributed by atoms with Gasteiger partial charge in [0.05, 0.1) is 0 Å². The predicted octanol–water partition coefficient (Wildman–Crippen LogP) is 2.11. The van der Waals surface area contributed by atoms with Crippen molar-refractivity contribution >= 4 is 29.2 Å². The van der Waals surface area contributed by atoms with Crippen molar-refractivity contribution in [2.24, 2.45) is 0 Å². The maximum absolute atomic E-state index is 12.3. The van der Waals surface area contributed by atoms with Crippen LogP contribution in [-0.2, 0) is 4.79 Å². The number of benzene rings is 1. The lowest BCUT2D eigenvalue weighted by Crippen LogP contribution is -2.40. The fourth-order valence-electron chi connectivity index (χ4n) is 2.11. The summed E-state index contributed by atoms with van der Waals surface area (Å²) in [6.45, 7) is 3.85. The second kappa shape index (κ2) is 6.61. The highest BCUT2D eigenvalue weighted by Crippen LogP contribution is 2.23. The summed E-state index contributed by atoms with van der Waals surface area (Å²) in [5.41, 5.74) is 0.763. The second-order valence-electron chi connectivity index (χ2n) is 4.69. The van der Waals surface area contributed by atoms with Crippen molar-refractivity contribution < 1.29 is 9.59 Å². The van der Waals surface area contributed by atoms with Crippen molar-refractivity contribution in [2.75, 3.05) is 31.1 Å². The van der Waals surface area contributed by atoms with Crippen LogP contribution >= 0.6 is 11.6 Å². The van der Waals surface area contributed by atoms with Crippen molar-refractivity contribution in [1.82, 2.24) is 10.2 Å². The van der Waals surface area contributed by atoms with Crippen LogP contribution in [0.15, 0.2) is 24.3 Å². The largest absolute Gasteiger partial charge is 0.355 e. The van der Waals surface area contributed by atoms with Crippen molar-refractivity contribution in [2.45, 2.75) is 13.3 Å². The van der Waals surface area contributed by atoms with E-state index in [-0.39, 0.29) is 18.5 Å². The zero-order valence-electron chi connectivity index (χ0n) is 11.4. The molecule has 0 atom stereocenters. The Morgan fingerprint density at radius 1 is 1.40 bits per heavy atom. The lowest BCUT2D eigenvalue weighted by atomic mass is 10.3. The Hall–Kier alpha value is -1.75. The number of nitrogens with zero attached hydrogens (tertiary/aromatic N) is 2. The van der Waals surface area contributed by atoms with E-state index in [1.165, 1.54) is 0 Å². The van der Waals surface area contributed by atoms with Gasteiger partial charge in [-0.2, -0.15) is 0 Å². The molecule has 1 heterocycles. The molecule has 0 aromatic heterocycles. The maximum atomic E-state index is 12.3. The molecular weight excluding hydrogens is 278 g/mol. The first-order chi connectivity index (χ1) is 9.61. The van der Waals surface area contributed by atoms with E-state index < -0.39 is 0 Å². The number of hydrogen-bond acceptors (Lipinski definition) is 2. The molecule has 0 aliphatic carbocycles. The average molecular weight is 296 g/mol. The molecule has 20 heavy (non-hydrogen) atoms. The molecule has 0 saturated carbocycles. The average Bonchev–Trinajstić information content (AvgIpc) is 2.78. The van der Waals surface area contributed by atoms with Crippen LogP contribution in [0.25, 0.3) is 0 Å². The molecule has 5 nitrogen and oxygen atoms in total. The number of halogens is 1. The molecule has 0 unspecified atom stereocenters. The number of hydrogen-bond donors (Lipinski definition) is 1. The summed E-state index contributed by atoms with van der Waals surface area (Å²) in [7, 11) is 0. The molecule has 1 saturated heterocycles. The monoisotopic (exact) mass is 295 g/mol. The lowest BCUT2D eigenvalue weighted by Gasteiger charge is -2.18. The van der Waals surface area contributed by atoms with E-state index in [0.717, 1.165) is 12.1 Å². The lowest BCUT2D eigenvalue weighted by molar-refractivity contribution is -0.121. The molecule has 0 bridgehead atoms. The highest BCUT2D eigenvalue weighted by Gasteiger charge is 2.30. The Morgan fingerprint density at radius 3 is 2.90 bits per heavy atom. The second-order valence-corrected chi connectivity index (χ2v) is 5.12. The number of urea groups is 1. The number of anilines is 1. The molecule has 0 spiro atoms. The highest BCUT2D eigenvalue weighted by molar-refractivity contribution is 6.30. The van der Waals surface area contributed by atoms with E-state index in [9.17, 15) is 9.59 Å². The van der Waals surface area contributed by atoms with Crippen molar-refractivity contribution in [1.29, 1.82) is 0 Å². The third-order valence-electron chi connectivity index (χ3n) is 3.12. The van der Waals surface area contributed by atoms with Gasteiger partial charge in [0.2, 0.25) is 5.91 Å². The normalized spacial score (nSPS) is 14.8. The van der Waals surface area contributed by atoms with Crippen LogP contribution in [0, 0.1) is 0 Å². The number of nitrogens with one attached hydrogen (secondary N) is 1. The van der Waals surface area contributed by atoms with Gasteiger partial charge in [-0.1, -0.05) is 24.6 Å². The Kier molecular flexibility index (Phi) is 4.84. The van der Waals surface area contributed by atoms with Gasteiger partial charge in [-0.25, -0.2) is 4.79 Å². The first kappa shape index (κ1) is 14.7. The molecule has 2 rings (SSSR count). The van der Waals surface area contributed by atoms with Gasteiger partial charge in [-0.3, -0.25) is 9.69 Å². The standard InChI is InChI=1S/C14H18ClN3O2/c1-2-6-16-13(19)10-17-7-8-18(14(17)20)12-5-3-4-11(15)9-12/h3-5,9H,2,6-8,10H2,1H3,(H,16,19). The number of carbonyl (C=O) groups is 2. The molecule has 6 heteroatoms. The fourth-order valence-corrected chi connectivity index (χ4v) is 2.29. The summed E-state index contributed by atoms with van der Waals surface area (Å²) < 4.78 is 0. The summed E-state index contributed by atoms with van der Waals surface area (Å²) in [5.74, 6) is -0.117. The third-order valence-corrected chi connectivity index (χ3v) is 3.36. The van der Waals surface area contributed by atoms with E-state index in [2.05, 4.69) is 5.32 Å². The number of amides is 3. The topological polar surface area (TPSA) is 52.7 Å². The molecular formula is C14H18ClN3O2. The molecule has 1 aliphatic rings. The first-order valence-corrected chi connectivity index (χ1v) is 7.08. The summed E-state index contributed by atoms with van der Waals surface area (Å²) in [5, 5.41) is 3.36. The molecule has 1 aromatic carbocycles. The van der Waals surface area contributed by atoms with Crippen LogP contribution in [0.3, 0.4) is 0 Å². The van der Waals surface area contributed by atoms with E-state index in [0.29, 0.717) is 24.7 Å². The van der Waals surface area contributed by atoms with Crippen molar-refractivity contribution in [3.8, 4) is 0 Å². The van der Waals surface area contributed by atoms with E-state index in [4.69, 9.17) is 11.6 Å². The minimum absolute atomic E-state index is 0.107. The van der Waals surface area contributed by atoms with Gasteiger partial charge in [0.25, 0.3) is 0 Å². The van der Waals surface area contributed by atoms with Crippen LogP contribution in [-0.4, -0.2) is 43.0 Å². The highest BCUT2D eigenvalue weighted by atomic mass is 35.5. The van der Waals surface area contributed by atoms with E-state index in [1.54, 1.807) is 21.9 Å². The summed E-state index contributed by atoms with van der Waals surface area (Å²) >= 11 is 5.93. The molecule has 1 fully saturated rings. The predicted molar refractivity (Wildman–Crippen MR) is 79.1 cm³/mol. The Bertz CT molecular complexity index is 507. The van der Waals surface area contributed by atoms with Crippen LogP contribution in [0.1, 0.15) is 13.3 Å². The van der Waals surface area contributed by atoms with Crippen molar-refractivity contribution in [3.63, 3.8) is 0 Å². The van der Waals surface area contributed by atoms with Crippen LogP contribution < -0.4 is 10.2 Å². The zero-order chi connectivity index (χ0) is 14.5. The smallest absolute Gasteiger partial charge is 0.325 e. The minimum atomic E-state index is -0.154. The van der Waals surface area contributed by atoms with Crippen LogP contribution in [0.5, 0.6) is 0 Å². The fraction of sp³-hybridized carbons (Fsp3) is 0.429. The quantitative estimate of drug-likeness (QED) is 0.904. The van der Waals surface area contributed by atoms with Gasteiger partial charge in [0, 0.05) is 30.3 Å². The third kappa shape index (κ3) is 3.42. The Morgan fingerprint density at radius 2 is 2.20 bits per heavy atom. The number of rotatable bonds is 5. The van der Waals surface area contributed by atoms with E-state index >= 15 is 0 Å². The summed E-state index contributed by atoms with van der Waals surface area (Å²) in [6.07, 6.45) is 0.883. The van der Waals surface area contributed by atoms with Crippen LogP contribution in [0.4, 0.5) is 10.5 Å². The van der Waals surface area contributed by atoms with Gasteiger partial charge in [0.15, 0.2) is 0 Å². The van der Waals surface area contributed by atoms with Crippen LogP contribution in [0.2, 0.25) is 5.02 Å². The van der Waals surface area contributed by atoms with Gasteiger partial charge in [0.1, 0.15) is 6.54 Å². The molecule has 3 amide bonds. The minimum Gasteiger partial charge on any atom is -0.355 e. The molecule has 108 valence electrons. The van der Waals surface area contributed by atoms with Gasteiger partial charge in [-0.05, 0) is 24.6 Å². The molecule has 1 aliphatic heterocycles. The Balaban J connectivity index is 1.97. The first-order valence-electron chi connectivity index (χ1n) is 6.70. The SMILES string of the molecule is CCCNC(=O)CN1CCN(c2cccc(Cl)c2)C1=O. The molecule has 1 aromatic rings. The van der Waals surface area contributed by atoms with Gasteiger partial charge in [-0.15, -0.1) is 0 Å². The molecule has 0 radical (unpaired) electrons. The van der Waals surface area contributed by atoms with Gasteiger partial charge >= 0.3 is 6.03 Å². The van der Waals surface area contributed by atoms with Crippen molar-refractivity contribution in [3.05, 3.63) is 29.3 Å². The number of carbonyl (C=O) groups excluding carboxylic acids is 2. The van der Waals surface area contributed by atoms with Gasteiger partial charge < -0.3 is 10.2 Å². The van der Waals surface area contributed by atoms with E-state index in [1.807, 2.05) is 19.1 Å². The summed E-state index contributed by atoms with van der Waals surface area (Å²) in [6, 6.07) is 7.01.